The third kappa shape index (κ3) is 3.26. The molecule has 1 aromatic heterocycles. The Morgan fingerprint density at radius 2 is 2.35 bits per heavy atom. The van der Waals surface area contributed by atoms with Crippen molar-refractivity contribution in [2.45, 2.75) is 12.8 Å². The fraction of sp³-hybridized carbons (Fsp3) is 0.429. The molecule has 2 aromatic rings. The number of amides is 1. The predicted molar refractivity (Wildman–Crippen MR) is 80.4 cm³/mol. The molecule has 0 saturated heterocycles. The molecule has 6 heteroatoms. The van der Waals surface area contributed by atoms with E-state index in [-0.39, 0.29) is 5.91 Å². The van der Waals surface area contributed by atoms with Crippen molar-refractivity contribution in [1.29, 1.82) is 0 Å². The molecule has 1 aliphatic carbocycles. The fourth-order valence-corrected chi connectivity index (χ4v) is 2.87. The van der Waals surface area contributed by atoms with Gasteiger partial charge in [-0.05, 0) is 43.5 Å². The molecular formula is C14H17N3O2S. The average Bonchev–Trinajstić information content (AvgIpc) is 3.17. The Kier molecular flexibility index (Phi) is 3.84. The standard InChI is InChI=1S/C14H17N3O2S/c1-19-10-4-5-11-12(6-10)20-14(16-11)17-13(18)8-15-7-9-2-3-9/h4-6,9,15H,2-3,7-8H2,1H3,(H,16,17,18). The molecule has 0 aliphatic heterocycles. The van der Waals surface area contributed by atoms with Gasteiger partial charge in [-0.25, -0.2) is 4.98 Å². The number of aromatic nitrogens is 1. The fourth-order valence-electron chi connectivity index (χ4n) is 1.96. The molecule has 1 aliphatic rings. The SMILES string of the molecule is COc1ccc2nc(NC(=O)CNCC3CC3)sc2c1. The van der Waals surface area contributed by atoms with Crippen LogP contribution in [-0.2, 0) is 4.79 Å². The van der Waals surface area contributed by atoms with Crippen LogP contribution in [0.15, 0.2) is 18.2 Å². The van der Waals surface area contributed by atoms with E-state index in [0.717, 1.165) is 28.4 Å². The molecule has 3 rings (SSSR count). The zero-order valence-electron chi connectivity index (χ0n) is 11.3. The minimum Gasteiger partial charge on any atom is -0.497 e. The minimum absolute atomic E-state index is 0.0447. The van der Waals surface area contributed by atoms with Gasteiger partial charge in [-0.3, -0.25) is 4.79 Å². The van der Waals surface area contributed by atoms with Gasteiger partial charge in [0.15, 0.2) is 5.13 Å². The summed E-state index contributed by atoms with van der Waals surface area (Å²) < 4.78 is 6.18. The van der Waals surface area contributed by atoms with Crippen molar-refractivity contribution in [1.82, 2.24) is 10.3 Å². The second kappa shape index (κ2) is 5.76. The highest BCUT2D eigenvalue weighted by Crippen LogP contribution is 2.29. The van der Waals surface area contributed by atoms with E-state index in [2.05, 4.69) is 15.6 Å². The van der Waals surface area contributed by atoms with E-state index < -0.39 is 0 Å². The number of nitrogens with zero attached hydrogens (tertiary/aromatic N) is 1. The van der Waals surface area contributed by atoms with Crippen LogP contribution < -0.4 is 15.4 Å². The van der Waals surface area contributed by atoms with Gasteiger partial charge in [0.2, 0.25) is 5.91 Å². The largest absolute Gasteiger partial charge is 0.497 e. The number of rotatable bonds is 6. The summed E-state index contributed by atoms with van der Waals surface area (Å²) in [5, 5.41) is 6.62. The number of hydrogen-bond donors (Lipinski definition) is 2. The maximum Gasteiger partial charge on any atom is 0.240 e. The van der Waals surface area contributed by atoms with Crippen LogP contribution in [0, 0.1) is 5.92 Å². The molecule has 1 heterocycles. The highest BCUT2D eigenvalue weighted by atomic mass is 32.1. The first-order valence-corrected chi connectivity index (χ1v) is 7.51. The number of ether oxygens (including phenoxy) is 1. The lowest BCUT2D eigenvalue weighted by Crippen LogP contribution is -2.29. The number of fused-ring (bicyclic) bond motifs is 1. The lowest BCUT2D eigenvalue weighted by Gasteiger charge is -2.02. The molecule has 0 atom stereocenters. The second-order valence-electron chi connectivity index (χ2n) is 4.98. The molecule has 1 aromatic carbocycles. The molecule has 20 heavy (non-hydrogen) atoms. The van der Waals surface area contributed by atoms with Crippen LogP contribution in [0.4, 0.5) is 5.13 Å². The molecule has 0 unspecified atom stereocenters. The summed E-state index contributed by atoms with van der Waals surface area (Å²) in [6.07, 6.45) is 2.57. The van der Waals surface area contributed by atoms with E-state index >= 15 is 0 Å². The number of thiazole rings is 1. The van der Waals surface area contributed by atoms with Crippen LogP contribution in [0.3, 0.4) is 0 Å². The van der Waals surface area contributed by atoms with E-state index in [1.807, 2.05) is 18.2 Å². The maximum absolute atomic E-state index is 11.8. The first-order valence-electron chi connectivity index (χ1n) is 6.70. The Hall–Kier alpha value is -1.66. The van der Waals surface area contributed by atoms with Gasteiger partial charge in [-0.1, -0.05) is 11.3 Å². The number of carbonyl (C=O) groups is 1. The number of carbonyl (C=O) groups excluding carboxylic acids is 1. The van der Waals surface area contributed by atoms with Gasteiger partial charge in [0.05, 0.1) is 23.9 Å². The van der Waals surface area contributed by atoms with Crippen LogP contribution in [0.1, 0.15) is 12.8 Å². The van der Waals surface area contributed by atoms with Gasteiger partial charge in [0, 0.05) is 0 Å². The molecule has 106 valence electrons. The number of hydrogen-bond acceptors (Lipinski definition) is 5. The number of nitrogens with one attached hydrogen (secondary N) is 2. The van der Waals surface area contributed by atoms with Crippen molar-refractivity contribution in [3.8, 4) is 5.75 Å². The van der Waals surface area contributed by atoms with Crippen LogP contribution in [0.5, 0.6) is 5.75 Å². The van der Waals surface area contributed by atoms with Crippen LogP contribution in [0.25, 0.3) is 10.2 Å². The van der Waals surface area contributed by atoms with E-state index in [4.69, 9.17) is 4.74 Å². The van der Waals surface area contributed by atoms with Crippen molar-refractivity contribution in [2.75, 3.05) is 25.5 Å². The predicted octanol–water partition coefficient (Wildman–Crippen LogP) is 2.24. The van der Waals surface area contributed by atoms with E-state index in [1.165, 1.54) is 24.2 Å². The molecule has 1 saturated carbocycles. The molecule has 0 spiro atoms. The summed E-state index contributed by atoms with van der Waals surface area (Å²) in [6, 6.07) is 5.69. The monoisotopic (exact) mass is 291 g/mol. The lowest BCUT2D eigenvalue weighted by atomic mass is 10.3. The first kappa shape index (κ1) is 13.3. The number of anilines is 1. The van der Waals surface area contributed by atoms with E-state index in [9.17, 15) is 4.79 Å². The highest BCUT2D eigenvalue weighted by molar-refractivity contribution is 7.22. The second-order valence-corrected chi connectivity index (χ2v) is 6.01. The zero-order valence-corrected chi connectivity index (χ0v) is 12.1. The summed E-state index contributed by atoms with van der Waals surface area (Å²) in [5.74, 6) is 1.53. The molecule has 5 nitrogen and oxygen atoms in total. The van der Waals surface area contributed by atoms with Crippen molar-refractivity contribution >= 4 is 32.6 Å². The minimum atomic E-state index is -0.0447. The van der Waals surface area contributed by atoms with Crippen molar-refractivity contribution in [3.05, 3.63) is 18.2 Å². The molecule has 0 radical (unpaired) electrons. The van der Waals surface area contributed by atoms with E-state index in [1.54, 1.807) is 7.11 Å². The summed E-state index contributed by atoms with van der Waals surface area (Å²) in [5.41, 5.74) is 0.872. The van der Waals surface area contributed by atoms with Gasteiger partial charge in [-0.2, -0.15) is 0 Å². The third-order valence-corrected chi connectivity index (χ3v) is 4.19. The normalized spacial score (nSPS) is 14.4. The van der Waals surface area contributed by atoms with Gasteiger partial charge in [0.1, 0.15) is 5.75 Å². The van der Waals surface area contributed by atoms with Crippen LogP contribution >= 0.6 is 11.3 Å². The Morgan fingerprint density at radius 3 is 3.10 bits per heavy atom. The summed E-state index contributed by atoms with van der Waals surface area (Å²) in [4.78, 5) is 16.2. The van der Waals surface area contributed by atoms with Gasteiger partial charge >= 0.3 is 0 Å². The van der Waals surface area contributed by atoms with Gasteiger partial charge in [0.25, 0.3) is 0 Å². The van der Waals surface area contributed by atoms with Crippen molar-refractivity contribution < 1.29 is 9.53 Å². The first-order chi connectivity index (χ1) is 9.74. The lowest BCUT2D eigenvalue weighted by molar-refractivity contribution is -0.115. The number of methoxy groups -OCH3 is 1. The topological polar surface area (TPSA) is 63.2 Å². The van der Waals surface area contributed by atoms with Crippen LogP contribution in [0.2, 0.25) is 0 Å². The Bertz CT molecular complexity index is 622. The van der Waals surface area contributed by atoms with Crippen molar-refractivity contribution in [3.63, 3.8) is 0 Å². The Labute approximate surface area is 121 Å². The van der Waals surface area contributed by atoms with Crippen LogP contribution in [-0.4, -0.2) is 31.1 Å². The van der Waals surface area contributed by atoms with Gasteiger partial charge < -0.3 is 15.4 Å². The Balaban J connectivity index is 1.59. The Morgan fingerprint density at radius 1 is 1.50 bits per heavy atom. The summed E-state index contributed by atoms with van der Waals surface area (Å²) in [6.45, 7) is 1.28. The zero-order chi connectivity index (χ0) is 13.9. The highest BCUT2D eigenvalue weighted by Gasteiger charge is 2.20. The molecule has 0 bridgehead atoms. The molecule has 1 fully saturated rings. The van der Waals surface area contributed by atoms with Crippen molar-refractivity contribution in [2.24, 2.45) is 5.92 Å². The third-order valence-electron chi connectivity index (χ3n) is 3.26. The molecule has 2 N–H and O–H groups in total. The summed E-state index contributed by atoms with van der Waals surface area (Å²) in [7, 11) is 1.64. The smallest absolute Gasteiger partial charge is 0.240 e. The average molecular weight is 291 g/mol. The maximum atomic E-state index is 11.8. The van der Waals surface area contributed by atoms with Gasteiger partial charge in [-0.15, -0.1) is 0 Å². The molecule has 1 amide bonds. The van der Waals surface area contributed by atoms with E-state index in [0.29, 0.717) is 11.7 Å². The summed E-state index contributed by atoms with van der Waals surface area (Å²) >= 11 is 1.46. The number of benzene rings is 1. The molecular weight excluding hydrogens is 274 g/mol. The quantitative estimate of drug-likeness (QED) is 0.857.